The molecule has 0 aliphatic heterocycles. The van der Waals surface area contributed by atoms with Crippen LogP contribution in [0.2, 0.25) is 0 Å². The predicted molar refractivity (Wildman–Crippen MR) is 79.9 cm³/mol. The van der Waals surface area contributed by atoms with Crippen molar-refractivity contribution in [3.05, 3.63) is 22.7 Å². The number of fused-ring (bicyclic) bond motifs is 1. The van der Waals surface area contributed by atoms with Gasteiger partial charge in [0.1, 0.15) is 0 Å². The number of hydrogen-bond acceptors (Lipinski definition) is 3. The van der Waals surface area contributed by atoms with E-state index in [1.807, 2.05) is 0 Å². The van der Waals surface area contributed by atoms with E-state index in [-0.39, 0.29) is 0 Å². The van der Waals surface area contributed by atoms with Crippen molar-refractivity contribution >= 4 is 42.6 Å². The van der Waals surface area contributed by atoms with Crippen LogP contribution in [0.25, 0.3) is 10.2 Å². The Morgan fingerprint density at radius 1 is 1.41 bits per heavy atom. The molecule has 1 aromatic heterocycles. The normalized spacial score (nSPS) is 12.0. The number of rotatable bonds is 4. The molecule has 2 nitrogen and oxygen atoms in total. The molecule has 0 radical (unpaired) electrons. The second kappa shape index (κ2) is 4.94. The first-order chi connectivity index (χ1) is 8.00. The number of thiazole rings is 1. The largest absolute Gasteiger partial charge is 0.361 e. The van der Waals surface area contributed by atoms with Gasteiger partial charge in [0.2, 0.25) is 0 Å². The van der Waals surface area contributed by atoms with E-state index < -0.39 is 0 Å². The summed E-state index contributed by atoms with van der Waals surface area (Å²) in [4.78, 5) is 4.59. The van der Waals surface area contributed by atoms with Crippen LogP contribution >= 0.6 is 27.3 Å². The molecule has 0 spiro atoms. The summed E-state index contributed by atoms with van der Waals surface area (Å²) in [6, 6.07) is 6.22. The maximum Gasteiger partial charge on any atom is 0.183 e. The Morgan fingerprint density at radius 3 is 2.88 bits per heavy atom. The Kier molecular flexibility index (Phi) is 3.73. The summed E-state index contributed by atoms with van der Waals surface area (Å²) in [6.45, 7) is 7.72. The minimum atomic E-state index is 0.318. The first-order valence-corrected chi connectivity index (χ1v) is 7.41. The van der Waals surface area contributed by atoms with Crippen LogP contribution in [0.15, 0.2) is 22.7 Å². The number of nitrogens with one attached hydrogen (secondary N) is 1. The number of aromatic nitrogens is 1. The van der Waals surface area contributed by atoms with E-state index in [0.717, 1.165) is 28.1 Å². The summed E-state index contributed by atoms with van der Waals surface area (Å²) in [5.74, 6) is 0. The molecular formula is C13H17BrN2S. The van der Waals surface area contributed by atoms with Gasteiger partial charge < -0.3 is 5.32 Å². The lowest BCUT2D eigenvalue weighted by Crippen LogP contribution is -2.21. The standard InChI is InChI=1S/C13H17BrN2S/c1-4-13(2,3)8-15-12-16-10-7-9(14)5-6-11(10)17-12/h5-7H,4,8H2,1-3H3,(H,15,16). The molecule has 0 saturated carbocycles. The third-order valence-electron chi connectivity index (χ3n) is 3.02. The van der Waals surface area contributed by atoms with E-state index >= 15 is 0 Å². The second-order valence-corrected chi connectivity index (χ2v) is 6.95. The van der Waals surface area contributed by atoms with Gasteiger partial charge in [-0.15, -0.1) is 0 Å². The highest BCUT2D eigenvalue weighted by atomic mass is 79.9. The summed E-state index contributed by atoms with van der Waals surface area (Å²) < 4.78 is 2.31. The van der Waals surface area contributed by atoms with Gasteiger partial charge in [-0.25, -0.2) is 4.98 Å². The Labute approximate surface area is 115 Å². The zero-order chi connectivity index (χ0) is 12.5. The van der Waals surface area contributed by atoms with E-state index in [1.165, 1.54) is 4.70 Å². The van der Waals surface area contributed by atoms with Gasteiger partial charge in [0.15, 0.2) is 5.13 Å². The average molecular weight is 313 g/mol. The molecular weight excluding hydrogens is 296 g/mol. The van der Waals surface area contributed by atoms with E-state index in [1.54, 1.807) is 11.3 Å². The topological polar surface area (TPSA) is 24.9 Å². The highest BCUT2D eigenvalue weighted by molar-refractivity contribution is 9.10. The molecule has 0 unspecified atom stereocenters. The summed E-state index contributed by atoms with van der Waals surface area (Å²) >= 11 is 5.18. The Bertz CT molecular complexity index is 519. The zero-order valence-corrected chi connectivity index (χ0v) is 12.8. The average Bonchev–Trinajstić information content (AvgIpc) is 2.68. The van der Waals surface area contributed by atoms with Crippen molar-refractivity contribution in [1.29, 1.82) is 0 Å². The maximum absolute atomic E-state index is 4.59. The molecule has 0 aliphatic carbocycles. The van der Waals surface area contributed by atoms with Gasteiger partial charge in [-0.3, -0.25) is 0 Å². The van der Waals surface area contributed by atoms with Gasteiger partial charge in [-0.2, -0.15) is 0 Å². The predicted octanol–water partition coefficient (Wildman–Crippen LogP) is 4.91. The van der Waals surface area contributed by atoms with Crippen LogP contribution in [0.4, 0.5) is 5.13 Å². The lowest BCUT2D eigenvalue weighted by molar-refractivity contribution is 0.377. The molecule has 0 aliphatic rings. The first-order valence-electron chi connectivity index (χ1n) is 5.80. The molecule has 0 fully saturated rings. The summed E-state index contributed by atoms with van der Waals surface area (Å²) in [5.41, 5.74) is 1.37. The molecule has 2 aromatic rings. The fourth-order valence-electron chi connectivity index (χ4n) is 1.42. The van der Waals surface area contributed by atoms with Crippen LogP contribution in [-0.4, -0.2) is 11.5 Å². The smallest absolute Gasteiger partial charge is 0.183 e. The van der Waals surface area contributed by atoms with Gasteiger partial charge in [0.05, 0.1) is 10.2 Å². The zero-order valence-electron chi connectivity index (χ0n) is 10.4. The van der Waals surface area contributed by atoms with Crippen molar-refractivity contribution in [3.8, 4) is 0 Å². The van der Waals surface area contributed by atoms with Gasteiger partial charge in [-0.1, -0.05) is 48.0 Å². The molecule has 1 heterocycles. The number of nitrogens with zero attached hydrogens (tertiary/aromatic N) is 1. The monoisotopic (exact) mass is 312 g/mol. The third kappa shape index (κ3) is 3.19. The number of anilines is 1. The fourth-order valence-corrected chi connectivity index (χ4v) is 2.61. The molecule has 0 atom stereocenters. The van der Waals surface area contributed by atoms with Crippen molar-refractivity contribution in [3.63, 3.8) is 0 Å². The lowest BCUT2D eigenvalue weighted by atomic mass is 9.90. The molecule has 0 saturated heterocycles. The minimum Gasteiger partial charge on any atom is -0.361 e. The van der Waals surface area contributed by atoms with Gasteiger partial charge in [-0.05, 0) is 30.0 Å². The van der Waals surface area contributed by atoms with Crippen molar-refractivity contribution in [2.75, 3.05) is 11.9 Å². The van der Waals surface area contributed by atoms with E-state index in [4.69, 9.17) is 0 Å². The molecule has 92 valence electrons. The first kappa shape index (κ1) is 12.8. The second-order valence-electron chi connectivity index (χ2n) is 5.00. The molecule has 2 rings (SSSR count). The van der Waals surface area contributed by atoms with E-state index in [2.05, 4.69) is 65.2 Å². The van der Waals surface area contributed by atoms with Crippen molar-refractivity contribution < 1.29 is 0 Å². The van der Waals surface area contributed by atoms with Gasteiger partial charge in [0, 0.05) is 11.0 Å². The van der Waals surface area contributed by atoms with E-state index in [0.29, 0.717) is 5.41 Å². The molecule has 1 aromatic carbocycles. The summed E-state index contributed by atoms with van der Waals surface area (Å²) in [7, 11) is 0. The minimum absolute atomic E-state index is 0.318. The lowest BCUT2D eigenvalue weighted by Gasteiger charge is -2.22. The molecule has 1 N–H and O–H groups in total. The molecule has 17 heavy (non-hydrogen) atoms. The summed E-state index contributed by atoms with van der Waals surface area (Å²) in [5, 5.41) is 4.45. The number of hydrogen-bond donors (Lipinski definition) is 1. The SMILES string of the molecule is CCC(C)(C)CNc1nc2cc(Br)ccc2s1. The van der Waals surface area contributed by atoms with Crippen LogP contribution < -0.4 is 5.32 Å². The summed E-state index contributed by atoms with van der Waals surface area (Å²) in [6.07, 6.45) is 1.16. The van der Waals surface area contributed by atoms with E-state index in [9.17, 15) is 0 Å². The van der Waals surface area contributed by atoms with Crippen LogP contribution in [0.1, 0.15) is 27.2 Å². The van der Waals surface area contributed by atoms with Gasteiger partial charge in [0.25, 0.3) is 0 Å². The van der Waals surface area contributed by atoms with Crippen LogP contribution in [-0.2, 0) is 0 Å². The number of halogens is 1. The fraction of sp³-hybridized carbons (Fsp3) is 0.462. The molecule has 4 heteroatoms. The highest BCUT2D eigenvalue weighted by Crippen LogP contribution is 2.29. The Hall–Kier alpha value is -0.610. The number of benzene rings is 1. The Balaban J connectivity index is 2.15. The third-order valence-corrected chi connectivity index (χ3v) is 4.51. The van der Waals surface area contributed by atoms with Crippen molar-refractivity contribution in [2.24, 2.45) is 5.41 Å². The highest BCUT2D eigenvalue weighted by Gasteiger charge is 2.15. The van der Waals surface area contributed by atoms with Crippen LogP contribution in [0.5, 0.6) is 0 Å². The van der Waals surface area contributed by atoms with Crippen molar-refractivity contribution in [1.82, 2.24) is 4.98 Å². The Morgan fingerprint density at radius 2 is 2.18 bits per heavy atom. The van der Waals surface area contributed by atoms with Crippen LogP contribution in [0, 0.1) is 5.41 Å². The van der Waals surface area contributed by atoms with Gasteiger partial charge >= 0.3 is 0 Å². The maximum atomic E-state index is 4.59. The molecule has 0 amide bonds. The van der Waals surface area contributed by atoms with Crippen LogP contribution in [0.3, 0.4) is 0 Å². The quantitative estimate of drug-likeness (QED) is 0.868. The van der Waals surface area contributed by atoms with Crippen molar-refractivity contribution in [2.45, 2.75) is 27.2 Å². The molecule has 0 bridgehead atoms.